The van der Waals surface area contributed by atoms with E-state index in [9.17, 15) is 34.8 Å². The second-order valence-electron chi connectivity index (χ2n) is 4.64. The Hall–Kier alpha value is -1.35. The van der Waals surface area contributed by atoms with Crippen molar-refractivity contribution in [3.8, 4) is 0 Å². The van der Waals surface area contributed by atoms with Crippen molar-refractivity contribution in [1.82, 2.24) is 0 Å². The maximum atomic E-state index is 12.2. The molecule has 0 bridgehead atoms. The highest BCUT2D eigenvalue weighted by Gasteiger charge is 2.48. The Balaban J connectivity index is 0. The van der Waals surface area contributed by atoms with Gasteiger partial charge in [-0.3, -0.25) is 0 Å². The van der Waals surface area contributed by atoms with Crippen LogP contribution in [0, 0.1) is 0 Å². The fourth-order valence-electron chi connectivity index (χ4n) is 1.21. The highest BCUT2D eigenvalue weighted by atomic mass is 32.2. The summed E-state index contributed by atoms with van der Waals surface area (Å²) in [7, 11) is -11.7. The number of hydrogen-bond donors (Lipinski definition) is 0. The molecule has 0 aromatic rings. The van der Waals surface area contributed by atoms with Crippen LogP contribution in [-0.2, 0) is 24.4 Å². The molecule has 27 heavy (non-hydrogen) atoms. The van der Waals surface area contributed by atoms with Gasteiger partial charge in [0.2, 0.25) is 0 Å². The van der Waals surface area contributed by atoms with Crippen LogP contribution in [0.5, 0.6) is 0 Å². The molecule has 7 nitrogen and oxygen atoms in total. The molecule has 0 radical (unpaired) electrons. The minimum Gasteiger partial charge on any atom is -0.741 e. The van der Waals surface area contributed by atoms with E-state index in [1.165, 1.54) is 12.3 Å². The number of allylic oxidation sites excluding steroid dienone is 2. The number of hydrogen-bond acceptors (Lipinski definition) is 6. The molecule has 0 N–H and O–H groups in total. The first-order valence-corrected chi connectivity index (χ1v) is 10.1. The van der Waals surface area contributed by atoms with Crippen molar-refractivity contribution < 1.29 is 56.5 Å². The van der Waals surface area contributed by atoms with Gasteiger partial charge in [0.1, 0.15) is 18.8 Å². The Labute approximate surface area is 153 Å². The monoisotopic (exact) mass is 451 g/mol. The first-order valence-electron chi connectivity index (χ1n) is 7.23. The summed E-state index contributed by atoms with van der Waals surface area (Å²) >= 11 is 0. The van der Waals surface area contributed by atoms with Gasteiger partial charge in [0.15, 0.2) is 16.3 Å². The highest BCUT2D eigenvalue weighted by Crippen LogP contribution is 2.27. The van der Waals surface area contributed by atoms with Gasteiger partial charge in [-0.25, -0.2) is 13.0 Å². The fraction of sp³-hybridized carbons (Fsp3) is 0.750. The van der Waals surface area contributed by atoms with Gasteiger partial charge in [0, 0.05) is 12.5 Å². The average molecular weight is 451 g/mol. The number of nitrogens with zero attached hydrogens (tertiary/aromatic N) is 1. The van der Waals surface area contributed by atoms with Crippen molar-refractivity contribution in [3.05, 3.63) is 11.8 Å². The Kier molecular flexibility index (Phi) is 11.2. The molecule has 0 fully saturated rings. The lowest BCUT2D eigenvalue weighted by Gasteiger charge is -2.11. The third-order valence-corrected chi connectivity index (χ3v) is 4.13. The zero-order valence-electron chi connectivity index (χ0n) is 14.5. The molecule has 0 heterocycles. The molecule has 0 spiro atoms. The molecule has 0 aliphatic rings. The third kappa shape index (κ3) is 11.2. The lowest BCUT2D eigenvalue weighted by Crippen LogP contribution is -2.25. The van der Waals surface area contributed by atoms with Gasteiger partial charge in [-0.15, -0.1) is 0 Å². The molecular formula is C12H19F6NO6S2. The van der Waals surface area contributed by atoms with Crippen LogP contribution in [-0.4, -0.2) is 56.3 Å². The van der Waals surface area contributed by atoms with Gasteiger partial charge in [-0.05, 0) is 20.3 Å². The van der Waals surface area contributed by atoms with Gasteiger partial charge in [0.05, 0.1) is 0 Å². The van der Waals surface area contributed by atoms with Gasteiger partial charge < -0.3 is 8.74 Å². The van der Waals surface area contributed by atoms with Crippen molar-refractivity contribution in [2.45, 2.75) is 44.6 Å². The molecule has 162 valence electrons. The first kappa shape index (κ1) is 27.9. The van der Waals surface area contributed by atoms with Gasteiger partial charge in [-0.2, -0.15) is 34.8 Å². The van der Waals surface area contributed by atoms with Crippen molar-refractivity contribution in [2.24, 2.45) is 0 Å². The van der Waals surface area contributed by atoms with Crippen LogP contribution >= 0.6 is 0 Å². The maximum absolute atomic E-state index is 12.2. The minimum atomic E-state index is -6.09. The normalized spacial score (nSPS) is 13.5. The molecule has 0 aromatic heterocycles. The van der Waals surface area contributed by atoms with Crippen LogP contribution in [0.1, 0.15) is 33.6 Å². The van der Waals surface area contributed by atoms with Crippen LogP contribution in [0.2, 0.25) is 0 Å². The molecule has 0 aliphatic heterocycles. The molecule has 0 amide bonds. The van der Waals surface area contributed by atoms with Crippen LogP contribution in [0.4, 0.5) is 26.3 Å². The second-order valence-corrected chi connectivity index (χ2v) is 7.55. The van der Waals surface area contributed by atoms with Crippen molar-refractivity contribution in [2.75, 3.05) is 13.1 Å². The zero-order chi connectivity index (χ0) is 22.1. The Morgan fingerprint density at radius 3 is 1.63 bits per heavy atom. The van der Waals surface area contributed by atoms with Crippen molar-refractivity contribution in [1.29, 1.82) is 0 Å². The predicted octanol–water partition coefficient (Wildman–Crippen LogP) is 2.71. The zero-order valence-corrected chi connectivity index (χ0v) is 16.1. The van der Waals surface area contributed by atoms with Gasteiger partial charge in [-0.1, -0.05) is 6.92 Å². The summed E-state index contributed by atoms with van der Waals surface area (Å²) < 4.78 is 123. The second kappa shape index (κ2) is 10.8. The summed E-state index contributed by atoms with van der Waals surface area (Å²) in [6, 6.07) is 0. The van der Waals surface area contributed by atoms with E-state index in [0.717, 1.165) is 0 Å². The summed E-state index contributed by atoms with van der Waals surface area (Å²) in [5.74, 6) is -0.216. The number of halogens is 6. The smallest absolute Gasteiger partial charge is 0.534 e. The fourth-order valence-corrected chi connectivity index (χ4v) is 1.73. The molecular weight excluding hydrogens is 432 g/mol. The molecule has 0 rings (SSSR count). The number of alkyl halides is 6. The van der Waals surface area contributed by atoms with E-state index < -0.39 is 31.3 Å². The van der Waals surface area contributed by atoms with E-state index in [-0.39, 0.29) is 12.2 Å². The lowest BCUT2D eigenvalue weighted by molar-refractivity contribution is -0.515. The van der Waals surface area contributed by atoms with Crippen molar-refractivity contribution in [3.63, 3.8) is 0 Å². The molecule has 0 aromatic carbocycles. The van der Waals surface area contributed by atoms with Crippen LogP contribution < -0.4 is 0 Å². The largest absolute Gasteiger partial charge is 0.741 e. The predicted molar refractivity (Wildman–Crippen MR) is 82.2 cm³/mol. The topological polar surface area (TPSA) is 104 Å². The summed E-state index contributed by atoms with van der Waals surface area (Å²) in [5.41, 5.74) is -11.1. The lowest BCUT2D eigenvalue weighted by atomic mass is 10.3. The molecule has 0 saturated carbocycles. The Morgan fingerprint density at radius 2 is 1.37 bits per heavy atom. The van der Waals surface area contributed by atoms with E-state index in [1.54, 1.807) is 11.5 Å². The molecule has 0 unspecified atom stereocenters. The van der Waals surface area contributed by atoms with E-state index in [0.29, 0.717) is 19.5 Å². The van der Waals surface area contributed by atoms with Crippen LogP contribution in [0.25, 0.3) is 0 Å². The summed E-state index contributed by atoms with van der Waals surface area (Å²) in [6.45, 7) is 6.80. The average Bonchev–Trinajstić information content (AvgIpc) is 2.45. The maximum Gasteiger partial charge on any atom is 0.534 e. The number of rotatable bonds is 7. The molecule has 0 aliphatic carbocycles. The van der Waals surface area contributed by atoms with E-state index in [2.05, 4.69) is 4.18 Å². The first-order chi connectivity index (χ1) is 11.9. The highest BCUT2D eigenvalue weighted by molar-refractivity contribution is 7.87. The van der Waals surface area contributed by atoms with Crippen molar-refractivity contribution >= 4 is 26.5 Å². The summed E-state index contributed by atoms with van der Waals surface area (Å²) in [6.07, 6.45) is 3.38. The SMILES string of the molecule is CCC/C(=C\C=[N+](CC)CC)OS(=O)(=O)C(F)(F)F.O=S(=O)([O-])C(F)(F)F. The standard InChI is InChI=1S/C11H19F3NO3S.CHF3O3S/c1-4-7-10(8-9-15(5-2)6-3)18-19(16,17)11(12,13)14;2-1(3,4)8(5,6)7/h8-9H,4-7H2,1-3H3;(H,5,6,7)/q+1;/p-1/b10-8+;. The molecule has 0 atom stereocenters. The molecule has 0 saturated heterocycles. The van der Waals surface area contributed by atoms with E-state index in [4.69, 9.17) is 13.0 Å². The minimum absolute atomic E-state index is 0.118. The Morgan fingerprint density at radius 1 is 0.963 bits per heavy atom. The Bertz CT molecular complexity index is 716. The third-order valence-electron chi connectivity index (χ3n) is 2.56. The quantitative estimate of drug-likeness (QED) is 0.112. The van der Waals surface area contributed by atoms with Crippen LogP contribution in [0.3, 0.4) is 0 Å². The molecule has 15 heteroatoms. The van der Waals surface area contributed by atoms with E-state index >= 15 is 0 Å². The van der Waals surface area contributed by atoms with Gasteiger partial charge >= 0.3 is 21.1 Å². The van der Waals surface area contributed by atoms with Gasteiger partial charge in [0.25, 0.3) is 0 Å². The van der Waals surface area contributed by atoms with E-state index in [1.807, 2.05) is 13.8 Å². The van der Waals surface area contributed by atoms with Crippen LogP contribution in [0.15, 0.2) is 11.8 Å². The summed E-state index contributed by atoms with van der Waals surface area (Å²) in [4.78, 5) is 0. The summed E-state index contributed by atoms with van der Waals surface area (Å²) in [5, 5.41) is 0.